The van der Waals surface area contributed by atoms with E-state index >= 15 is 0 Å². The van der Waals surface area contributed by atoms with Crippen molar-refractivity contribution in [1.82, 2.24) is 20.0 Å². The predicted molar refractivity (Wildman–Crippen MR) is 101 cm³/mol. The smallest absolute Gasteiger partial charge is 0.258 e. The van der Waals surface area contributed by atoms with Crippen LogP contribution in [-0.4, -0.2) is 47.3 Å². The second-order valence-electron chi connectivity index (χ2n) is 6.41. The molecule has 3 rings (SSSR count). The maximum absolute atomic E-state index is 13.6. The predicted octanol–water partition coefficient (Wildman–Crippen LogP) is 3.24. The number of ether oxygens (including phenoxy) is 1. The minimum Gasteiger partial charge on any atom is -0.491 e. The molecule has 0 saturated heterocycles. The molecule has 142 valence electrons. The molecule has 0 unspecified atom stereocenters. The molecule has 0 bridgehead atoms. The highest BCUT2D eigenvalue weighted by Crippen LogP contribution is 2.28. The Morgan fingerprint density at radius 1 is 1.22 bits per heavy atom. The van der Waals surface area contributed by atoms with Gasteiger partial charge in [-0.15, -0.1) is 0 Å². The van der Waals surface area contributed by atoms with Gasteiger partial charge in [0.1, 0.15) is 11.6 Å². The molecule has 0 aliphatic carbocycles. The molecule has 2 heterocycles. The molecule has 0 amide bonds. The van der Waals surface area contributed by atoms with Crippen LogP contribution in [0.4, 0.5) is 10.1 Å². The van der Waals surface area contributed by atoms with Crippen molar-refractivity contribution in [2.45, 2.75) is 12.8 Å². The van der Waals surface area contributed by atoms with Crippen molar-refractivity contribution in [3.63, 3.8) is 0 Å². The summed E-state index contributed by atoms with van der Waals surface area (Å²) in [6.07, 6.45) is 3.59. The summed E-state index contributed by atoms with van der Waals surface area (Å²) in [5.41, 5.74) is 6.84. The summed E-state index contributed by atoms with van der Waals surface area (Å²) in [7, 11) is 4.08. The van der Waals surface area contributed by atoms with Crippen LogP contribution in [0, 0.1) is 5.82 Å². The molecule has 7 nitrogen and oxygen atoms in total. The minimum atomic E-state index is -0.468. The average molecular weight is 371 g/mol. The SMILES string of the molecule is CN(C)CCCCOc1cccnc1-c1noc(-c2cc(N)cc(F)c2)n1. The maximum atomic E-state index is 13.6. The second kappa shape index (κ2) is 8.59. The lowest BCUT2D eigenvalue weighted by Crippen LogP contribution is -2.13. The van der Waals surface area contributed by atoms with Crippen molar-refractivity contribution in [1.29, 1.82) is 0 Å². The fraction of sp³-hybridized carbons (Fsp3) is 0.316. The summed E-state index contributed by atoms with van der Waals surface area (Å²) in [5.74, 6) is 0.549. The van der Waals surface area contributed by atoms with Crippen LogP contribution >= 0.6 is 0 Å². The number of anilines is 1. The highest BCUT2D eigenvalue weighted by molar-refractivity contribution is 5.64. The van der Waals surface area contributed by atoms with E-state index in [9.17, 15) is 4.39 Å². The Morgan fingerprint density at radius 2 is 2.07 bits per heavy atom. The van der Waals surface area contributed by atoms with Crippen LogP contribution in [0.2, 0.25) is 0 Å². The Kier molecular flexibility index (Phi) is 5.97. The van der Waals surface area contributed by atoms with E-state index in [1.165, 1.54) is 12.1 Å². The normalized spacial score (nSPS) is 11.1. The van der Waals surface area contributed by atoms with Gasteiger partial charge in [-0.25, -0.2) is 9.37 Å². The van der Waals surface area contributed by atoms with Gasteiger partial charge in [-0.3, -0.25) is 0 Å². The number of halogens is 1. The first kappa shape index (κ1) is 18.8. The number of rotatable bonds is 8. The van der Waals surface area contributed by atoms with E-state index in [1.54, 1.807) is 18.3 Å². The molecule has 0 fully saturated rings. The highest BCUT2D eigenvalue weighted by atomic mass is 19.1. The van der Waals surface area contributed by atoms with Crippen molar-refractivity contribution in [3.8, 4) is 28.7 Å². The van der Waals surface area contributed by atoms with Gasteiger partial charge < -0.3 is 19.9 Å². The second-order valence-corrected chi connectivity index (χ2v) is 6.41. The Morgan fingerprint density at radius 3 is 2.85 bits per heavy atom. The number of benzene rings is 1. The van der Waals surface area contributed by atoms with Crippen LogP contribution in [0.1, 0.15) is 12.8 Å². The molecule has 0 aliphatic rings. The number of hydrogen-bond donors (Lipinski definition) is 1. The number of nitrogens with two attached hydrogens (primary N) is 1. The van der Waals surface area contributed by atoms with Gasteiger partial charge in [0.15, 0.2) is 5.69 Å². The van der Waals surface area contributed by atoms with E-state index in [2.05, 4.69) is 20.0 Å². The van der Waals surface area contributed by atoms with Gasteiger partial charge in [-0.05, 0) is 63.8 Å². The Labute approximate surface area is 157 Å². The zero-order chi connectivity index (χ0) is 19.2. The first-order valence-corrected chi connectivity index (χ1v) is 8.66. The average Bonchev–Trinajstić information content (AvgIpc) is 3.11. The van der Waals surface area contributed by atoms with E-state index in [-0.39, 0.29) is 17.4 Å². The Hall–Kier alpha value is -3.00. The van der Waals surface area contributed by atoms with Crippen molar-refractivity contribution in [2.75, 3.05) is 33.0 Å². The molecule has 2 N–H and O–H groups in total. The molecular weight excluding hydrogens is 349 g/mol. The molecule has 8 heteroatoms. The van der Waals surface area contributed by atoms with Crippen molar-refractivity contribution in [3.05, 3.63) is 42.3 Å². The van der Waals surface area contributed by atoms with Gasteiger partial charge in [0, 0.05) is 17.4 Å². The van der Waals surface area contributed by atoms with E-state index in [0.29, 0.717) is 23.6 Å². The molecule has 0 atom stereocenters. The van der Waals surface area contributed by atoms with E-state index in [1.807, 2.05) is 20.2 Å². The summed E-state index contributed by atoms with van der Waals surface area (Å²) < 4.78 is 24.7. The quantitative estimate of drug-likeness (QED) is 0.480. The molecular formula is C19H22FN5O2. The maximum Gasteiger partial charge on any atom is 0.258 e. The zero-order valence-electron chi connectivity index (χ0n) is 15.4. The molecule has 1 aromatic carbocycles. The van der Waals surface area contributed by atoms with Gasteiger partial charge in [0.2, 0.25) is 5.82 Å². The number of hydrogen-bond acceptors (Lipinski definition) is 7. The fourth-order valence-electron chi connectivity index (χ4n) is 2.56. The van der Waals surface area contributed by atoms with Crippen LogP contribution in [0.3, 0.4) is 0 Å². The summed E-state index contributed by atoms with van der Waals surface area (Å²) in [6, 6.07) is 7.67. The lowest BCUT2D eigenvalue weighted by Gasteiger charge is -2.10. The third-order valence-corrected chi connectivity index (χ3v) is 3.83. The summed E-state index contributed by atoms with van der Waals surface area (Å²) >= 11 is 0. The van der Waals surface area contributed by atoms with Crippen LogP contribution in [0.25, 0.3) is 23.0 Å². The van der Waals surface area contributed by atoms with Crippen LogP contribution in [0.5, 0.6) is 5.75 Å². The Balaban J connectivity index is 1.74. The topological polar surface area (TPSA) is 90.3 Å². The molecule has 0 aliphatic heterocycles. The molecule has 0 radical (unpaired) electrons. The number of pyridine rings is 1. The van der Waals surface area contributed by atoms with Gasteiger partial charge in [-0.1, -0.05) is 5.16 Å². The highest BCUT2D eigenvalue weighted by Gasteiger charge is 2.16. The monoisotopic (exact) mass is 371 g/mol. The minimum absolute atomic E-state index is 0.166. The van der Waals surface area contributed by atoms with Gasteiger partial charge >= 0.3 is 0 Å². The zero-order valence-corrected chi connectivity index (χ0v) is 15.4. The number of aromatic nitrogens is 3. The molecule has 3 aromatic rings. The standard InChI is InChI=1S/C19H22FN5O2/c1-25(2)8-3-4-9-26-16-6-5-7-22-17(16)18-23-19(27-24-18)13-10-14(20)12-15(21)11-13/h5-7,10-12H,3-4,8-9,21H2,1-2H3. The molecule has 2 aromatic heterocycles. The largest absolute Gasteiger partial charge is 0.491 e. The third kappa shape index (κ3) is 5.01. The van der Waals surface area contributed by atoms with Crippen LogP contribution in [0.15, 0.2) is 41.1 Å². The number of nitrogens with zero attached hydrogens (tertiary/aromatic N) is 4. The molecule has 0 saturated carbocycles. The van der Waals surface area contributed by atoms with E-state index in [0.717, 1.165) is 19.4 Å². The third-order valence-electron chi connectivity index (χ3n) is 3.83. The van der Waals surface area contributed by atoms with Crippen molar-refractivity contribution >= 4 is 5.69 Å². The molecule has 0 spiro atoms. The van der Waals surface area contributed by atoms with Crippen LogP contribution in [-0.2, 0) is 0 Å². The van der Waals surface area contributed by atoms with Gasteiger partial charge in [0.05, 0.1) is 6.61 Å². The lowest BCUT2D eigenvalue weighted by molar-refractivity contribution is 0.293. The first-order valence-electron chi connectivity index (χ1n) is 8.66. The fourth-order valence-corrected chi connectivity index (χ4v) is 2.56. The van der Waals surface area contributed by atoms with Crippen LogP contribution < -0.4 is 10.5 Å². The summed E-state index contributed by atoms with van der Waals surface area (Å²) in [6.45, 7) is 1.58. The van der Waals surface area contributed by atoms with Crippen molar-refractivity contribution in [2.24, 2.45) is 0 Å². The summed E-state index contributed by atoms with van der Waals surface area (Å²) in [5, 5.41) is 3.95. The van der Waals surface area contributed by atoms with Gasteiger partial charge in [0.25, 0.3) is 5.89 Å². The van der Waals surface area contributed by atoms with Crippen molar-refractivity contribution < 1.29 is 13.7 Å². The van der Waals surface area contributed by atoms with E-state index in [4.69, 9.17) is 15.0 Å². The Bertz CT molecular complexity index is 877. The van der Waals surface area contributed by atoms with Gasteiger partial charge in [-0.2, -0.15) is 4.98 Å². The summed E-state index contributed by atoms with van der Waals surface area (Å²) in [4.78, 5) is 10.7. The lowest BCUT2D eigenvalue weighted by atomic mass is 10.2. The molecule has 27 heavy (non-hydrogen) atoms. The number of nitrogen functional groups attached to an aromatic ring is 1. The first-order chi connectivity index (χ1) is 13.0. The number of unbranched alkanes of at least 4 members (excludes halogenated alkanes) is 1. The van der Waals surface area contributed by atoms with E-state index < -0.39 is 5.82 Å².